The molecule has 2 fully saturated rings. The van der Waals surface area contributed by atoms with Crippen molar-refractivity contribution in [3.8, 4) is 0 Å². The van der Waals surface area contributed by atoms with Crippen molar-refractivity contribution in [3.05, 3.63) is 18.1 Å². The van der Waals surface area contributed by atoms with E-state index in [1.807, 2.05) is 20.0 Å². The fraction of sp³-hybridized carbons (Fsp3) is 0.688. The van der Waals surface area contributed by atoms with Crippen molar-refractivity contribution >= 4 is 21.7 Å². The minimum atomic E-state index is -2.98. The highest BCUT2D eigenvalue weighted by Gasteiger charge is 2.31. The Bertz CT molecular complexity index is 731. The van der Waals surface area contributed by atoms with Crippen molar-refractivity contribution in [2.45, 2.75) is 38.3 Å². The number of piperidine rings is 1. The van der Waals surface area contributed by atoms with Crippen LogP contribution in [-0.2, 0) is 9.84 Å². The summed E-state index contributed by atoms with van der Waals surface area (Å²) in [4.78, 5) is 24.7. The molecule has 2 saturated heterocycles. The zero-order valence-electron chi connectivity index (χ0n) is 14.7. The van der Waals surface area contributed by atoms with Crippen LogP contribution in [0.25, 0.3) is 0 Å². The third-order valence-electron chi connectivity index (χ3n) is 5.01. The van der Waals surface area contributed by atoms with Crippen molar-refractivity contribution in [2.75, 3.05) is 36.5 Å². The molecule has 9 heteroatoms. The summed E-state index contributed by atoms with van der Waals surface area (Å²) < 4.78 is 23.0. The quantitative estimate of drug-likeness (QED) is 0.840. The van der Waals surface area contributed by atoms with E-state index in [4.69, 9.17) is 0 Å². The molecule has 0 spiro atoms. The number of nitrogens with zero attached hydrogens (tertiary/aromatic N) is 4. The van der Waals surface area contributed by atoms with E-state index in [-0.39, 0.29) is 23.6 Å². The molecule has 1 unspecified atom stereocenters. The molecule has 1 atom stereocenters. The summed E-state index contributed by atoms with van der Waals surface area (Å²) in [5.74, 6) is 1.13. The molecule has 25 heavy (non-hydrogen) atoms. The van der Waals surface area contributed by atoms with Crippen molar-refractivity contribution in [1.82, 2.24) is 20.2 Å². The number of nitrogens with one attached hydrogen (secondary N) is 1. The first-order chi connectivity index (χ1) is 11.8. The molecule has 1 aromatic rings. The predicted octanol–water partition coefficient (Wildman–Crippen LogP) is 0.582. The minimum absolute atomic E-state index is 0.0605. The number of urea groups is 1. The number of aromatic nitrogens is 2. The van der Waals surface area contributed by atoms with E-state index in [0.29, 0.717) is 25.6 Å². The Kier molecular flexibility index (Phi) is 5.12. The van der Waals surface area contributed by atoms with Gasteiger partial charge in [-0.25, -0.2) is 23.2 Å². The van der Waals surface area contributed by atoms with Crippen LogP contribution in [-0.4, -0.2) is 73.0 Å². The monoisotopic (exact) mass is 367 g/mol. The van der Waals surface area contributed by atoms with Crippen molar-refractivity contribution in [1.29, 1.82) is 0 Å². The summed E-state index contributed by atoms with van der Waals surface area (Å²) in [6.07, 6.45) is 3.80. The zero-order chi connectivity index (χ0) is 18.0. The summed E-state index contributed by atoms with van der Waals surface area (Å²) in [7, 11) is -0.959. The van der Waals surface area contributed by atoms with Crippen molar-refractivity contribution < 1.29 is 13.2 Å². The lowest BCUT2D eigenvalue weighted by Gasteiger charge is -2.37. The normalized spacial score (nSPS) is 23.4. The Morgan fingerprint density at radius 2 is 2.00 bits per heavy atom. The van der Waals surface area contributed by atoms with Crippen molar-refractivity contribution in [3.63, 3.8) is 0 Å². The van der Waals surface area contributed by atoms with Crippen molar-refractivity contribution in [2.24, 2.45) is 0 Å². The average molecular weight is 367 g/mol. The lowest BCUT2D eigenvalue weighted by molar-refractivity contribution is 0.178. The number of amides is 2. The first-order valence-electron chi connectivity index (χ1n) is 8.61. The van der Waals surface area contributed by atoms with Gasteiger partial charge in [-0.15, -0.1) is 0 Å². The fourth-order valence-electron chi connectivity index (χ4n) is 3.45. The fourth-order valence-corrected chi connectivity index (χ4v) is 5.12. The largest absolute Gasteiger partial charge is 0.356 e. The van der Waals surface area contributed by atoms with Gasteiger partial charge in [0.1, 0.15) is 12.1 Å². The summed E-state index contributed by atoms with van der Waals surface area (Å²) >= 11 is 0. The van der Waals surface area contributed by atoms with E-state index in [2.05, 4.69) is 20.2 Å². The summed E-state index contributed by atoms with van der Waals surface area (Å²) in [5, 5.41) is 2.86. The lowest BCUT2D eigenvalue weighted by atomic mass is 10.0. The number of aryl methyl sites for hydroxylation is 1. The van der Waals surface area contributed by atoms with Gasteiger partial charge >= 0.3 is 6.03 Å². The summed E-state index contributed by atoms with van der Waals surface area (Å²) in [5.41, 5.74) is 0.931. The highest BCUT2D eigenvalue weighted by Crippen LogP contribution is 2.21. The van der Waals surface area contributed by atoms with E-state index < -0.39 is 9.84 Å². The Labute approximate surface area is 148 Å². The Morgan fingerprint density at radius 1 is 1.28 bits per heavy atom. The van der Waals surface area contributed by atoms with Crippen LogP contribution in [0.3, 0.4) is 0 Å². The Balaban J connectivity index is 1.50. The lowest BCUT2D eigenvalue weighted by Crippen LogP contribution is -2.51. The number of likely N-dealkylation sites (tertiary alicyclic amines) is 1. The van der Waals surface area contributed by atoms with Gasteiger partial charge in [0, 0.05) is 44.0 Å². The molecule has 1 aromatic heterocycles. The van der Waals surface area contributed by atoms with Gasteiger partial charge in [0.15, 0.2) is 9.84 Å². The molecule has 0 aliphatic carbocycles. The number of carbonyl (C=O) groups is 1. The average Bonchev–Trinajstić information content (AvgIpc) is 2.93. The molecule has 2 aliphatic heterocycles. The molecule has 3 rings (SSSR count). The van der Waals surface area contributed by atoms with Gasteiger partial charge in [0.2, 0.25) is 0 Å². The maximum atomic E-state index is 12.3. The number of rotatable bonds is 3. The summed E-state index contributed by atoms with van der Waals surface area (Å²) in [6, 6.07) is 1.88. The predicted molar refractivity (Wildman–Crippen MR) is 95.4 cm³/mol. The van der Waals surface area contributed by atoms with Gasteiger partial charge in [-0.2, -0.15) is 0 Å². The summed E-state index contributed by atoms with van der Waals surface area (Å²) in [6.45, 7) is 3.25. The molecule has 0 saturated carbocycles. The molecule has 2 aliphatic rings. The molecule has 3 heterocycles. The molecule has 0 aromatic carbocycles. The molecule has 138 valence electrons. The standard InChI is InChI=1S/C16H25N5O3S/c1-12-9-15(18-11-17-12)20(2)14-3-6-21(7-4-14)16(22)19-13-5-8-25(23,24)10-13/h9,11,13-14H,3-8,10H2,1-2H3,(H,19,22). The molecule has 0 bridgehead atoms. The van der Waals surface area contributed by atoms with E-state index in [1.54, 1.807) is 11.2 Å². The third-order valence-corrected chi connectivity index (χ3v) is 6.78. The third kappa shape index (κ3) is 4.39. The SMILES string of the molecule is Cc1cc(N(C)C2CCN(C(=O)NC3CCS(=O)(=O)C3)CC2)ncn1. The maximum Gasteiger partial charge on any atom is 0.317 e. The van der Waals surface area contributed by atoms with Gasteiger partial charge in [0.05, 0.1) is 11.5 Å². The Hall–Kier alpha value is -1.90. The highest BCUT2D eigenvalue weighted by molar-refractivity contribution is 7.91. The molecule has 8 nitrogen and oxygen atoms in total. The second-order valence-electron chi connectivity index (χ2n) is 6.90. The van der Waals surface area contributed by atoms with Crippen LogP contribution in [0.1, 0.15) is 25.0 Å². The van der Waals surface area contributed by atoms with E-state index >= 15 is 0 Å². The van der Waals surface area contributed by atoms with Crippen LogP contribution in [0.4, 0.5) is 10.6 Å². The van der Waals surface area contributed by atoms with Gasteiger partial charge in [0.25, 0.3) is 0 Å². The number of carbonyl (C=O) groups excluding carboxylic acids is 1. The number of hydrogen-bond acceptors (Lipinski definition) is 6. The second-order valence-corrected chi connectivity index (χ2v) is 9.12. The molecular weight excluding hydrogens is 342 g/mol. The highest BCUT2D eigenvalue weighted by atomic mass is 32.2. The second kappa shape index (κ2) is 7.15. The first-order valence-corrected chi connectivity index (χ1v) is 10.4. The van der Waals surface area contributed by atoms with Crippen LogP contribution in [0.2, 0.25) is 0 Å². The number of hydrogen-bond donors (Lipinski definition) is 1. The van der Waals surface area contributed by atoms with Gasteiger partial charge in [-0.05, 0) is 26.2 Å². The molecule has 1 N–H and O–H groups in total. The number of sulfone groups is 1. The van der Waals surface area contributed by atoms with E-state index in [1.165, 1.54) is 0 Å². The number of anilines is 1. The first kappa shape index (κ1) is 17.9. The smallest absolute Gasteiger partial charge is 0.317 e. The van der Waals surface area contributed by atoms with Gasteiger partial charge < -0.3 is 15.1 Å². The minimum Gasteiger partial charge on any atom is -0.356 e. The molecular formula is C16H25N5O3S. The zero-order valence-corrected chi connectivity index (χ0v) is 15.5. The Morgan fingerprint density at radius 3 is 2.60 bits per heavy atom. The molecule has 0 radical (unpaired) electrons. The van der Waals surface area contributed by atoms with Crippen LogP contribution in [0.15, 0.2) is 12.4 Å². The van der Waals surface area contributed by atoms with E-state index in [9.17, 15) is 13.2 Å². The van der Waals surface area contributed by atoms with Crippen LogP contribution >= 0.6 is 0 Å². The van der Waals surface area contributed by atoms with Gasteiger partial charge in [-0.3, -0.25) is 0 Å². The van der Waals surface area contributed by atoms with E-state index in [0.717, 1.165) is 24.4 Å². The van der Waals surface area contributed by atoms with Crippen LogP contribution in [0.5, 0.6) is 0 Å². The van der Waals surface area contributed by atoms with Crippen LogP contribution < -0.4 is 10.2 Å². The van der Waals surface area contributed by atoms with Gasteiger partial charge in [-0.1, -0.05) is 0 Å². The topological polar surface area (TPSA) is 95.5 Å². The van der Waals surface area contributed by atoms with Crippen LogP contribution in [0, 0.1) is 6.92 Å². The maximum absolute atomic E-state index is 12.3. The molecule has 2 amide bonds.